The summed E-state index contributed by atoms with van der Waals surface area (Å²) in [6.07, 6.45) is 4.07. The normalized spacial score (nSPS) is 32.6. The molecule has 104 valence electrons. The van der Waals surface area contributed by atoms with E-state index < -0.39 is 0 Å². The number of hydrogen-bond donors (Lipinski definition) is 1. The highest BCUT2D eigenvalue weighted by Gasteiger charge is 2.35. The number of likely N-dealkylation sites (tertiary alicyclic amines) is 1. The minimum absolute atomic E-state index is 0.364. The molecular formula is C17H26N2. The van der Waals surface area contributed by atoms with Crippen molar-refractivity contribution in [1.82, 2.24) is 10.2 Å². The van der Waals surface area contributed by atoms with E-state index in [1.54, 1.807) is 0 Å². The Morgan fingerprint density at radius 1 is 1.32 bits per heavy atom. The largest absolute Gasteiger partial charge is 0.316 e. The molecule has 2 heteroatoms. The van der Waals surface area contributed by atoms with E-state index in [0.29, 0.717) is 5.41 Å². The zero-order chi connectivity index (χ0) is 13.1. The number of hydrogen-bond acceptors (Lipinski definition) is 2. The second-order valence-corrected chi connectivity index (χ2v) is 6.62. The van der Waals surface area contributed by atoms with Crippen molar-refractivity contribution in [3.63, 3.8) is 0 Å². The molecule has 1 N–H and O–H groups in total. The standard InChI is InChI=1S/C17H26N2/c1-17(16-7-3-2-4-8-16)9-11-19(14-17)13-15-6-5-10-18-12-15/h2-4,7-8,15,18H,5-6,9-14H2,1H3. The Labute approximate surface area is 117 Å². The van der Waals surface area contributed by atoms with Crippen molar-refractivity contribution in [1.29, 1.82) is 0 Å². The van der Waals surface area contributed by atoms with Crippen molar-refractivity contribution in [3.8, 4) is 0 Å². The molecule has 2 fully saturated rings. The Kier molecular flexibility index (Phi) is 3.90. The smallest absolute Gasteiger partial charge is 0.00766 e. The second kappa shape index (κ2) is 5.64. The molecular weight excluding hydrogens is 232 g/mol. The summed E-state index contributed by atoms with van der Waals surface area (Å²) in [6.45, 7) is 8.66. The van der Waals surface area contributed by atoms with Crippen molar-refractivity contribution in [2.45, 2.75) is 31.6 Å². The first-order valence-electron chi connectivity index (χ1n) is 7.75. The van der Waals surface area contributed by atoms with Crippen LogP contribution in [0.3, 0.4) is 0 Å². The van der Waals surface area contributed by atoms with Crippen LogP contribution in [0, 0.1) is 5.92 Å². The van der Waals surface area contributed by atoms with E-state index in [9.17, 15) is 0 Å². The van der Waals surface area contributed by atoms with E-state index >= 15 is 0 Å². The van der Waals surface area contributed by atoms with Gasteiger partial charge in [-0.1, -0.05) is 37.3 Å². The Balaban J connectivity index is 1.60. The first-order chi connectivity index (χ1) is 9.26. The van der Waals surface area contributed by atoms with Crippen LogP contribution in [0.2, 0.25) is 0 Å². The van der Waals surface area contributed by atoms with E-state index in [1.807, 2.05) is 0 Å². The molecule has 0 aromatic heterocycles. The van der Waals surface area contributed by atoms with Gasteiger partial charge in [-0.05, 0) is 50.4 Å². The lowest BCUT2D eigenvalue weighted by atomic mass is 9.82. The maximum absolute atomic E-state index is 3.53. The van der Waals surface area contributed by atoms with E-state index in [2.05, 4.69) is 47.5 Å². The second-order valence-electron chi connectivity index (χ2n) is 6.62. The minimum atomic E-state index is 0.364. The van der Waals surface area contributed by atoms with Crippen LogP contribution in [0.1, 0.15) is 31.7 Å². The fourth-order valence-electron chi connectivity index (χ4n) is 3.73. The van der Waals surface area contributed by atoms with Gasteiger partial charge in [0, 0.05) is 18.5 Å². The van der Waals surface area contributed by atoms with Gasteiger partial charge in [0.25, 0.3) is 0 Å². The molecule has 2 saturated heterocycles. The van der Waals surface area contributed by atoms with Gasteiger partial charge in [0.15, 0.2) is 0 Å². The van der Waals surface area contributed by atoms with Gasteiger partial charge < -0.3 is 10.2 Å². The fraction of sp³-hybridized carbons (Fsp3) is 0.647. The fourth-order valence-corrected chi connectivity index (χ4v) is 3.73. The lowest BCUT2D eigenvalue weighted by Crippen LogP contribution is -2.38. The summed E-state index contributed by atoms with van der Waals surface area (Å²) in [5.41, 5.74) is 1.88. The molecule has 19 heavy (non-hydrogen) atoms. The number of rotatable bonds is 3. The van der Waals surface area contributed by atoms with Gasteiger partial charge in [0.2, 0.25) is 0 Å². The molecule has 2 heterocycles. The number of piperidine rings is 1. The number of nitrogens with one attached hydrogen (secondary N) is 1. The van der Waals surface area contributed by atoms with Crippen LogP contribution in [0.4, 0.5) is 0 Å². The lowest BCUT2D eigenvalue weighted by Gasteiger charge is -2.29. The summed E-state index contributed by atoms with van der Waals surface area (Å²) in [5.74, 6) is 0.867. The Morgan fingerprint density at radius 3 is 2.89 bits per heavy atom. The van der Waals surface area contributed by atoms with Crippen LogP contribution >= 0.6 is 0 Å². The number of nitrogens with zero attached hydrogens (tertiary/aromatic N) is 1. The lowest BCUT2D eigenvalue weighted by molar-refractivity contribution is 0.234. The van der Waals surface area contributed by atoms with Gasteiger partial charge in [-0.15, -0.1) is 0 Å². The zero-order valence-corrected chi connectivity index (χ0v) is 12.1. The summed E-state index contributed by atoms with van der Waals surface area (Å²) in [6, 6.07) is 11.1. The zero-order valence-electron chi connectivity index (χ0n) is 12.1. The molecule has 2 unspecified atom stereocenters. The summed E-state index contributed by atoms with van der Waals surface area (Å²) in [4.78, 5) is 2.69. The van der Waals surface area contributed by atoms with Crippen molar-refractivity contribution in [2.75, 3.05) is 32.7 Å². The van der Waals surface area contributed by atoms with Crippen LogP contribution in [0.25, 0.3) is 0 Å². The van der Waals surface area contributed by atoms with Gasteiger partial charge in [-0.25, -0.2) is 0 Å². The SMILES string of the molecule is CC1(c2ccccc2)CCN(CC2CCCNC2)C1. The third kappa shape index (κ3) is 3.01. The van der Waals surface area contributed by atoms with Gasteiger partial charge in [-0.3, -0.25) is 0 Å². The quantitative estimate of drug-likeness (QED) is 0.896. The predicted octanol–water partition coefficient (Wildman–Crippen LogP) is 2.65. The summed E-state index contributed by atoms with van der Waals surface area (Å²) < 4.78 is 0. The molecule has 2 atom stereocenters. The monoisotopic (exact) mass is 258 g/mol. The molecule has 1 aromatic carbocycles. The minimum Gasteiger partial charge on any atom is -0.316 e. The molecule has 1 aromatic rings. The van der Waals surface area contributed by atoms with E-state index in [0.717, 1.165) is 5.92 Å². The van der Waals surface area contributed by atoms with Crippen LogP contribution in [-0.2, 0) is 5.41 Å². The Hall–Kier alpha value is -0.860. The molecule has 0 saturated carbocycles. The average molecular weight is 258 g/mol. The maximum atomic E-state index is 3.53. The molecule has 3 rings (SSSR count). The molecule has 0 bridgehead atoms. The van der Waals surface area contributed by atoms with E-state index in [4.69, 9.17) is 0 Å². The Bertz CT molecular complexity index is 397. The predicted molar refractivity (Wildman–Crippen MR) is 80.4 cm³/mol. The Morgan fingerprint density at radius 2 is 2.16 bits per heavy atom. The van der Waals surface area contributed by atoms with Crippen LogP contribution in [0.5, 0.6) is 0 Å². The third-order valence-corrected chi connectivity index (χ3v) is 4.94. The number of benzene rings is 1. The van der Waals surface area contributed by atoms with Crippen molar-refractivity contribution < 1.29 is 0 Å². The first-order valence-corrected chi connectivity index (χ1v) is 7.75. The van der Waals surface area contributed by atoms with E-state index in [1.165, 1.54) is 57.5 Å². The van der Waals surface area contributed by atoms with Crippen LogP contribution in [0.15, 0.2) is 30.3 Å². The van der Waals surface area contributed by atoms with E-state index in [-0.39, 0.29) is 0 Å². The highest BCUT2D eigenvalue weighted by atomic mass is 15.2. The molecule has 2 aliphatic rings. The third-order valence-electron chi connectivity index (χ3n) is 4.94. The molecule has 2 nitrogen and oxygen atoms in total. The highest BCUT2D eigenvalue weighted by Crippen LogP contribution is 2.34. The van der Waals surface area contributed by atoms with Crippen LogP contribution < -0.4 is 5.32 Å². The van der Waals surface area contributed by atoms with Crippen LogP contribution in [-0.4, -0.2) is 37.6 Å². The highest BCUT2D eigenvalue weighted by molar-refractivity contribution is 5.26. The maximum Gasteiger partial charge on any atom is 0.00766 e. The van der Waals surface area contributed by atoms with Gasteiger partial charge in [0.1, 0.15) is 0 Å². The van der Waals surface area contributed by atoms with Gasteiger partial charge in [-0.2, -0.15) is 0 Å². The first kappa shape index (κ1) is 13.1. The van der Waals surface area contributed by atoms with Crippen molar-refractivity contribution >= 4 is 0 Å². The average Bonchev–Trinajstić information content (AvgIpc) is 2.84. The van der Waals surface area contributed by atoms with Crippen molar-refractivity contribution in [2.24, 2.45) is 5.92 Å². The molecule has 0 aliphatic carbocycles. The van der Waals surface area contributed by atoms with Gasteiger partial charge >= 0.3 is 0 Å². The molecule has 0 spiro atoms. The van der Waals surface area contributed by atoms with Crippen molar-refractivity contribution in [3.05, 3.63) is 35.9 Å². The molecule has 0 amide bonds. The summed E-state index contributed by atoms with van der Waals surface area (Å²) in [7, 11) is 0. The topological polar surface area (TPSA) is 15.3 Å². The molecule has 2 aliphatic heterocycles. The van der Waals surface area contributed by atoms with Gasteiger partial charge in [0.05, 0.1) is 0 Å². The summed E-state index contributed by atoms with van der Waals surface area (Å²) >= 11 is 0. The molecule has 0 radical (unpaired) electrons. The summed E-state index contributed by atoms with van der Waals surface area (Å²) in [5, 5.41) is 3.53.